The molecule has 4 nitrogen and oxygen atoms in total. The quantitative estimate of drug-likeness (QED) is 0.693. The van der Waals surface area contributed by atoms with Crippen molar-refractivity contribution in [1.82, 2.24) is 10.6 Å². The predicted octanol–water partition coefficient (Wildman–Crippen LogP) is 1.95. The molecule has 0 aliphatic rings. The summed E-state index contributed by atoms with van der Waals surface area (Å²) in [5.74, 6) is 0. The molecule has 0 saturated heterocycles. The minimum Gasteiger partial charge on any atom is -0.450 e. The molecule has 0 saturated carbocycles. The van der Waals surface area contributed by atoms with Gasteiger partial charge in [0, 0.05) is 13.1 Å². The Kier molecular flexibility index (Phi) is 7.64. The molecule has 0 aliphatic carbocycles. The second kappa shape index (κ2) is 9.48. The largest absolute Gasteiger partial charge is 0.450 e. The number of carbonyl (C=O) groups excluding carboxylic acids is 1. The van der Waals surface area contributed by atoms with Crippen LogP contribution in [0.1, 0.15) is 18.9 Å². The first kappa shape index (κ1) is 14.5. The van der Waals surface area contributed by atoms with Gasteiger partial charge in [-0.3, -0.25) is 0 Å². The maximum atomic E-state index is 11.0. The maximum Gasteiger partial charge on any atom is 0.407 e. The van der Waals surface area contributed by atoms with Gasteiger partial charge in [-0.2, -0.15) is 0 Å². The minimum atomic E-state index is -0.344. The first-order chi connectivity index (χ1) is 8.83. The number of carbonyl (C=O) groups is 1. The molecular formula is C14H22N2O2. The van der Waals surface area contributed by atoms with Gasteiger partial charge < -0.3 is 15.4 Å². The Hall–Kier alpha value is -1.55. The second-order valence-corrected chi connectivity index (χ2v) is 3.99. The fourth-order valence-electron chi connectivity index (χ4n) is 1.62. The predicted molar refractivity (Wildman–Crippen MR) is 72.7 cm³/mol. The Bertz CT molecular complexity index is 328. The van der Waals surface area contributed by atoms with Crippen molar-refractivity contribution in [2.45, 2.75) is 19.8 Å². The van der Waals surface area contributed by atoms with Gasteiger partial charge in [0.2, 0.25) is 0 Å². The summed E-state index contributed by atoms with van der Waals surface area (Å²) >= 11 is 0. The molecular weight excluding hydrogens is 228 g/mol. The molecule has 0 aromatic heterocycles. The van der Waals surface area contributed by atoms with Crippen LogP contribution in [0.15, 0.2) is 30.3 Å². The Morgan fingerprint density at radius 1 is 1.17 bits per heavy atom. The smallest absolute Gasteiger partial charge is 0.407 e. The molecule has 18 heavy (non-hydrogen) atoms. The van der Waals surface area contributed by atoms with E-state index in [0.29, 0.717) is 13.2 Å². The van der Waals surface area contributed by atoms with Crippen molar-refractivity contribution >= 4 is 6.09 Å². The molecule has 0 radical (unpaired) electrons. The van der Waals surface area contributed by atoms with Gasteiger partial charge in [-0.25, -0.2) is 4.79 Å². The summed E-state index contributed by atoms with van der Waals surface area (Å²) in [7, 11) is 0. The Morgan fingerprint density at radius 2 is 1.94 bits per heavy atom. The van der Waals surface area contributed by atoms with Crippen LogP contribution in [0.2, 0.25) is 0 Å². The van der Waals surface area contributed by atoms with Crippen LogP contribution in [0.4, 0.5) is 4.79 Å². The molecule has 1 amide bonds. The molecule has 1 aromatic rings. The van der Waals surface area contributed by atoms with E-state index in [1.807, 2.05) is 6.07 Å². The summed E-state index contributed by atoms with van der Waals surface area (Å²) in [6, 6.07) is 10.4. The van der Waals surface area contributed by atoms with Crippen molar-refractivity contribution in [3.05, 3.63) is 35.9 Å². The third-order valence-electron chi connectivity index (χ3n) is 2.51. The standard InChI is InChI=1S/C14H22N2O2/c1-2-18-14(17)16-12-11-15-10-6-9-13-7-4-3-5-8-13/h3-5,7-8,15H,2,6,9-12H2,1H3,(H,16,17). The molecule has 0 atom stereocenters. The lowest BCUT2D eigenvalue weighted by Crippen LogP contribution is -2.32. The van der Waals surface area contributed by atoms with E-state index in [-0.39, 0.29) is 6.09 Å². The van der Waals surface area contributed by atoms with Gasteiger partial charge in [0.05, 0.1) is 6.61 Å². The number of alkyl carbamates (subject to hydrolysis) is 1. The molecule has 0 unspecified atom stereocenters. The van der Waals surface area contributed by atoms with Crippen LogP contribution < -0.4 is 10.6 Å². The Morgan fingerprint density at radius 3 is 2.67 bits per heavy atom. The average Bonchev–Trinajstić information content (AvgIpc) is 2.39. The monoisotopic (exact) mass is 250 g/mol. The van der Waals surface area contributed by atoms with Crippen LogP contribution in [0.25, 0.3) is 0 Å². The minimum absolute atomic E-state index is 0.344. The van der Waals surface area contributed by atoms with Gasteiger partial charge in [0.1, 0.15) is 0 Å². The molecule has 0 spiro atoms. The van der Waals surface area contributed by atoms with Crippen LogP contribution in [-0.4, -0.2) is 32.3 Å². The number of ether oxygens (including phenoxy) is 1. The molecule has 0 heterocycles. The zero-order chi connectivity index (χ0) is 13.1. The van der Waals surface area contributed by atoms with E-state index in [9.17, 15) is 4.79 Å². The highest BCUT2D eigenvalue weighted by Gasteiger charge is 1.97. The van der Waals surface area contributed by atoms with E-state index in [4.69, 9.17) is 4.74 Å². The fraction of sp³-hybridized carbons (Fsp3) is 0.500. The Labute approximate surface area is 109 Å². The van der Waals surface area contributed by atoms with E-state index >= 15 is 0 Å². The van der Waals surface area contributed by atoms with E-state index in [1.165, 1.54) is 5.56 Å². The summed E-state index contributed by atoms with van der Waals surface area (Å²) in [6.07, 6.45) is 1.84. The van der Waals surface area contributed by atoms with Crippen LogP contribution in [0, 0.1) is 0 Å². The number of hydrogen-bond donors (Lipinski definition) is 2. The van der Waals surface area contributed by atoms with Crippen LogP contribution in [0.5, 0.6) is 0 Å². The number of rotatable bonds is 8. The maximum absolute atomic E-state index is 11.0. The molecule has 0 fully saturated rings. The molecule has 0 bridgehead atoms. The van der Waals surface area contributed by atoms with Gasteiger partial charge in [-0.05, 0) is 31.9 Å². The zero-order valence-electron chi connectivity index (χ0n) is 10.9. The molecule has 2 N–H and O–H groups in total. The summed E-state index contributed by atoms with van der Waals surface area (Å²) in [4.78, 5) is 11.0. The lowest BCUT2D eigenvalue weighted by Gasteiger charge is -2.06. The summed E-state index contributed by atoms with van der Waals surface area (Å²) < 4.78 is 4.75. The van der Waals surface area contributed by atoms with E-state index in [2.05, 4.69) is 34.9 Å². The highest BCUT2D eigenvalue weighted by atomic mass is 16.5. The third kappa shape index (κ3) is 6.91. The highest BCUT2D eigenvalue weighted by molar-refractivity contribution is 5.66. The van der Waals surface area contributed by atoms with Crippen molar-refractivity contribution in [2.24, 2.45) is 0 Å². The van der Waals surface area contributed by atoms with Crippen LogP contribution in [-0.2, 0) is 11.2 Å². The fourth-order valence-corrected chi connectivity index (χ4v) is 1.62. The molecule has 4 heteroatoms. The second-order valence-electron chi connectivity index (χ2n) is 3.99. The van der Waals surface area contributed by atoms with Crippen molar-refractivity contribution in [2.75, 3.05) is 26.2 Å². The molecule has 0 aliphatic heterocycles. The first-order valence-electron chi connectivity index (χ1n) is 6.48. The lowest BCUT2D eigenvalue weighted by atomic mass is 10.1. The number of aryl methyl sites for hydroxylation is 1. The van der Waals surface area contributed by atoms with Crippen molar-refractivity contribution < 1.29 is 9.53 Å². The van der Waals surface area contributed by atoms with Crippen molar-refractivity contribution in [3.63, 3.8) is 0 Å². The highest BCUT2D eigenvalue weighted by Crippen LogP contribution is 2.01. The zero-order valence-corrected chi connectivity index (χ0v) is 10.9. The van der Waals surface area contributed by atoms with Crippen LogP contribution >= 0.6 is 0 Å². The van der Waals surface area contributed by atoms with E-state index in [1.54, 1.807) is 6.92 Å². The first-order valence-corrected chi connectivity index (χ1v) is 6.48. The van der Waals surface area contributed by atoms with Gasteiger partial charge >= 0.3 is 6.09 Å². The molecule has 100 valence electrons. The van der Waals surface area contributed by atoms with Crippen molar-refractivity contribution in [1.29, 1.82) is 0 Å². The van der Waals surface area contributed by atoms with Crippen molar-refractivity contribution in [3.8, 4) is 0 Å². The molecule has 1 rings (SSSR count). The molecule has 1 aromatic carbocycles. The lowest BCUT2D eigenvalue weighted by molar-refractivity contribution is 0.152. The van der Waals surface area contributed by atoms with Crippen LogP contribution in [0.3, 0.4) is 0 Å². The topological polar surface area (TPSA) is 50.4 Å². The summed E-state index contributed by atoms with van der Waals surface area (Å²) in [5.41, 5.74) is 1.36. The van der Waals surface area contributed by atoms with Gasteiger partial charge in [0.15, 0.2) is 0 Å². The number of hydrogen-bond acceptors (Lipinski definition) is 3. The summed E-state index contributed by atoms with van der Waals surface area (Å²) in [5, 5.41) is 5.95. The normalized spacial score (nSPS) is 10.1. The third-order valence-corrected chi connectivity index (χ3v) is 2.51. The van der Waals surface area contributed by atoms with E-state index < -0.39 is 0 Å². The summed E-state index contributed by atoms with van der Waals surface area (Å²) in [6.45, 7) is 4.54. The number of benzene rings is 1. The van der Waals surface area contributed by atoms with Gasteiger partial charge in [-0.15, -0.1) is 0 Å². The SMILES string of the molecule is CCOC(=O)NCCNCCCc1ccccc1. The van der Waals surface area contributed by atoms with E-state index in [0.717, 1.165) is 25.9 Å². The van der Waals surface area contributed by atoms with Gasteiger partial charge in [0.25, 0.3) is 0 Å². The Balaban J connectivity index is 1.92. The average molecular weight is 250 g/mol. The number of amides is 1. The number of nitrogens with one attached hydrogen (secondary N) is 2. The van der Waals surface area contributed by atoms with Gasteiger partial charge in [-0.1, -0.05) is 30.3 Å².